The van der Waals surface area contributed by atoms with Gasteiger partial charge in [-0.05, 0) is 37.9 Å². The first-order valence-corrected chi connectivity index (χ1v) is 7.80. The minimum absolute atomic E-state index is 0.142. The predicted molar refractivity (Wildman–Crippen MR) is 96.1 cm³/mol. The Morgan fingerprint density at radius 3 is 2.30 bits per heavy atom. The molecule has 1 amide bonds. The maximum atomic E-state index is 11.3. The van der Waals surface area contributed by atoms with E-state index in [-0.39, 0.29) is 6.04 Å². The van der Waals surface area contributed by atoms with E-state index in [1.165, 1.54) is 5.56 Å². The molecule has 23 heavy (non-hydrogen) atoms. The lowest BCUT2D eigenvalue weighted by molar-refractivity contribution is 0.100. The van der Waals surface area contributed by atoms with E-state index in [1.807, 2.05) is 45.4 Å². The molecular formula is C18H22ClN3O. The molecule has 0 bridgehead atoms. The number of hydrogen-bond acceptors (Lipinski definition) is 3. The Bertz CT molecular complexity index is 673. The molecule has 0 saturated heterocycles. The second kappa shape index (κ2) is 7.49. The van der Waals surface area contributed by atoms with Crippen molar-refractivity contribution in [2.75, 3.05) is 32.6 Å². The number of amides is 1. The van der Waals surface area contributed by atoms with Crippen LogP contribution in [0.5, 0.6) is 0 Å². The van der Waals surface area contributed by atoms with E-state index >= 15 is 0 Å². The average Bonchev–Trinajstić information content (AvgIpc) is 2.52. The quantitative estimate of drug-likeness (QED) is 0.884. The second-order valence-electron chi connectivity index (χ2n) is 5.83. The lowest BCUT2D eigenvalue weighted by Gasteiger charge is -2.33. The van der Waals surface area contributed by atoms with E-state index in [0.29, 0.717) is 10.6 Å². The van der Waals surface area contributed by atoms with Crippen LogP contribution >= 0.6 is 11.6 Å². The maximum Gasteiger partial charge on any atom is 0.248 e. The zero-order valence-electron chi connectivity index (χ0n) is 13.7. The van der Waals surface area contributed by atoms with Crippen molar-refractivity contribution in [3.63, 3.8) is 0 Å². The van der Waals surface area contributed by atoms with Crippen molar-refractivity contribution in [1.29, 1.82) is 0 Å². The lowest BCUT2D eigenvalue weighted by atomic mass is 10.0. The van der Waals surface area contributed by atoms with Gasteiger partial charge in [0.05, 0.1) is 16.8 Å². The van der Waals surface area contributed by atoms with Crippen LogP contribution in [0, 0.1) is 0 Å². The van der Waals surface area contributed by atoms with Crippen molar-refractivity contribution in [2.45, 2.75) is 6.04 Å². The summed E-state index contributed by atoms with van der Waals surface area (Å²) in [5.41, 5.74) is 7.80. The van der Waals surface area contributed by atoms with Crippen LogP contribution < -0.4 is 10.6 Å². The van der Waals surface area contributed by atoms with Gasteiger partial charge in [0.15, 0.2) is 0 Å². The number of hydrogen-bond donors (Lipinski definition) is 1. The van der Waals surface area contributed by atoms with Crippen molar-refractivity contribution in [2.24, 2.45) is 5.73 Å². The summed E-state index contributed by atoms with van der Waals surface area (Å²) < 4.78 is 0. The van der Waals surface area contributed by atoms with Crippen LogP contribution in [-0.4, -0.2) is 38.5 Å². The standard InChI is InChI=1S/C18H22ClN3O/c1-21(2)12-17(13-7-5-4-6-8-13)22(3)16-10-9-14(18(20)23)11-15(16)19/h4-11,17H,12H2,1-3H3,(H2,20,23)/t17-/m1/s1. The number of carbonyl (C=O) groups is 1. The molecule has 0 spiro atoms. The molecule has 0 heterocycles. The van der Waals surface area contributed by atoms with Gasteiger partial charge in [0.2, 0.25) is 5.91 Å². The monoisotopic (exact) mass is 331 g/mol. The van der Waals surface area contributed by atoms with Gasteiger partial charge >= 0.3 is 0 Å². The van der Waals surface area contributed by atoms with E-state index < -0.39 is 5.91 Å². The Hall–Kier alpha value is -2.04. The lowest BCUT2D eigenvalue weighted by Crippen LogP contribution is -2.33. The number of nitrogens with two attached hydrogens (primary N) is 1. The third-order valence-electron chi connectivity index (χ3n) is 3.80. The summed E-state index contributed by atoms with van der Waals surface area (Å²) in [5.74, 6) is -0.478. The molecular weight excluding hydrogens is 310 g/mol. The first kappa shape index (κ1) is 17.3. The number of primary amides is 1. The summed E-state index contributed by atoms with van der Waals surface area (Å²) in [6.07, 6.45) is 0. The molecule has 4 nitrogen and oxygen atoms in total. The molecule has 0 fully saturated rings. The highest BCUT2D eigenvalue weighted by molar-refractivity contribution is 6.33. The number of rotatable bonds is 6. The summed E-state index contributed by atoms with van der Waals surface area (Å²) in [6, 6.07) is 15.6. The highest BCUT2D eigenvalue weighted by Gasteiger charge is 2.20. The molecule has 0 unspecified atom stereocenters. The summed E-state index contributed by atoms with van der Waals surface area (Å²) in [7, 11) is 6.09. The van der Waals surface area contributed by atoms with Gasteiger partial charge < -0.3 is 15.5 Å². The molecule has 122 valence electrons. The molecule has 2 N–H and O–H groups in total. The normalized spacial score (nSPS) is 12.2. The van der Waals surface area contributed by atoms with E-state index in [9.17, 15) is 4.79 Å². The van der Waals surface area contributed by atoms with E-state index in [1.54, 1.807) is 12.1 Å². The van der Waals surface area contributed by atoms with Crippen LogP contribution in [0.2, 0.25) is 5.02 Å². The highest BCUT2D eigenvalue weighted by Crippen LogP contribution is 2.32. The van der Waals surface area contributed by atoms with Gasteiger partial charge in [0.1, 0.15) is 0 Å². The van der Waals surface area contributed by atoms with Crippen molar-refractivity contribution in [3.05, 3.63) is 64.7 Å². The molecule has 5 heteroatoms. The summed E-state index contributed by atoms with van der Waals surface area (Å²) in [5, 5.41) is 0.517. The van der Waals surface area contributed by atoms with Gasteiger partial charge in [-0.15, -0.1) is 0 Å². The average molecular weight is 332 g/mol. The van der Waals surface area contributed by atoms with Crippen molar-refractivity contribution in [1.82, 2.24) is 4.90 Å². The fourth-order valence-corrected chi connectivity index (χ4v) is 2.90. The van der Waals surface area contributed by atoms with Gasteiger partial charge in [-0.25, -0.2) is 0 Å². The molecule has 0 aliphatic rings. The van der Waals surface area contributed by atoms with Crippen LogP contribution in [0.25, 0.3) is 0 Å². The summed E-state index contributed by atoms with van der Waals surface area (Å²) >= 11 is 6.37. The predicted octanol–water partition coefficient (Wildman–Crippen LogP) is 3.18. The Morgan fingerprint density at radius 2 is 1.78 bits per heavy atom. The minimum Gasteiger partial charge on any atom is -0.366 e. The maximum absolute atomic E-state index is 11.3. The first-order valence-electron chi connectivity index (χ1n) is 7.42. The molecule has 0 aromatic heterocycles. The summed E-state index contributed by atoms with van der Waals surface area (Å²) in [4.78, 5) is 15.5. The second-order valence-corrected chi connectivity index (χ2v) is 6.24. The van der Waals surface area contributed by atoms with Crippen LogP contribution in [-0.2, 0) is 0 Å². The minimum atomic E-state index is -0.478. The molecule has 0 aliphatic heterocycles. The Labute approximate surface area is 142 Å². The highest BCUT2D eigenvalue weighted by atomic mass is 35.5. The third-order valence-corrected chi connectivity index (χ3v) is 4.10. The fraction of sp³-hybridized carbons (Fsp3) is 0.278. The number of carbonyl (C=O) groups excluding carboxylic acids is 1. The van der Waals surface area contributed by atoms with Gasteiger partial charge in [0.25, 0.3) is 0 Å². The largest absolute Gasteiger partial charge is 0.366 e. The number of likely N-dealkylation sites (N-methyl/N-ethyl adjacent to an activating group) is 2. The molecule has 1 atom stereocenters. The van der Waals surface area contributed by atoms with E-state index in [4.69, 9.17) is 17.3 Å². The fourth-order valence-electron chi connectivity index (χ4n) is 2.59. The molecule has 2 rings (SSSR count). The van der Waals surface area contributed by atoms with Crippen molar-refractivity contribution in [3.8, 4) is 0 Å². The zero-order chi connectivity index (χ0) is 17.0. The number of anilines is 1. The molecule has 0 aliphatic carbocycles. The first-order chi connectivity index (χ1) is 10.9. The van der Waals surface area contributed by atoms with E-state index in [2.05, 4.69) is 21.9 Å². The third kappa shape index (κ3) is 4.24. The Morgan fingerprint density at radius 1 is 1.13 bits per heavy atom. The van der Waals surface area contributed by atoms with Crippen LogP contribution in [0.1, 0.15) is 22.0 Å². The number of benzene rings is 2. The summed E-state index contributed by atoms with van der Waals surface area (Å²) in [6.45, 7) is 0.842. The smallest absolute Gasteiger partial charge is 0.248 e. The van der Waals surface area contributed by atoms with Crippen LogP contribution in [0.3, 0.4) is 0 Å². The zero-order valence-corrected chi connectivity index (χ0v) is 14.4. The Kier molecular flexibility index (Phi) is 5.64. The Balaban J connectivity index is 2.37. The van der Waals surface area contributed by atoms with Gasteiger partial charge in [-0.3, -0.25) is 4.79 Å². The van der Waals surface area contributed by atoms with Crippen LogP contribution in [0.15, 0.2) is 48.5 Å². The van der Waals surface area contributed by atoms with Gasteiger partial charge in [0, 0.05) is 19.2 Å². The molecule has 2 aromatic carbocycles. The SMILES string of the molecule is CN(C)C[C@H](c1ccccc1)N(C)c1ccc(C(N)=O)cc1Cl. The topological polar surface area (TPSA) is 49.6 Å². The van der Waals surface area contributed by atoms with E-state index in [0.717, 1.165) is 12.2 Å². The molecule has 2 aromatic rings. The number of halogens is 1. The molecule has 0 radical (unpaired) electrons. The van der Waals surface area contributed by atoms with Gasteiger partial charge in [-0.1, -0.05) is 41.9 Å². The van der Waals surface area contributed by atoms with Crippen LogP contribution in [0.4, 0.5) is 5.69 Å². The van der Waals surface area contributed by atoms with Crippen molar-refractivity contribution < 1.29 is 4.79 Å². The number of nitrogens with zero attached hydrogens (tertiary/aromatic N) is 2. The van der Waals surface area contributed by atoms with Crippen molar-refractivity contribution >= 4 is 23.2 Å². The molecule has 0 saturated carbocycles. The van der Waals surface area contributed by atoms with Gasteiger partial charge in [-0.2, -0.15) is 0 Å².